The lowest BCUT2D eigenvalue weighted by Gasteiger charge is -1.76. The fraction of sp³-hybridized carbons (Fsp3) is 0.500. The topological polar surface area (TPSA) is 59.8 Å². The summed E-state index contributed by atoms with van der Waals surface area (Å²) in [6.07, 6.45) is 1.20. The van der Waals surface area contributed by atoms with E-state index in [1.165, 1.54) is 6.26 Å². The first-order valence-corrected chi connectivity index (χ1v) is 3.40. The summed E-state index contributed by atoms with van der Waals surface area (Å²) in [6, 6.07) is 0. The van der Waals surface area contributed by atoms with Crippen LogP contribution in [0.2, 0.25) is 0 Å². The maximum atomic E-state index is 10.2. The molecule has 0 aliphatic heterocycles. The zero-order chi connectivity index (χ0) is 5.91. The molecule has 40 valence electrons. The fourth-order valence-electron chi connectivity index (χ4n) is 0.0811. The van der Waals surface area contributed by atoms with Crippen molar-refractivity contribution in [1.82, 2.24) is 0 Å². The molecule has 5 heteroatoms. The Bertz CT molecular complexity index is 185. The average molecular weight is 119 g/mol. The van der Waals surface area contributed by atoms with Crippen molar-refractivity contribution in [2.75, 3.05) is 6.26 Å². The maximum absolute atomic E-state index is 10.2. The minimum absolute atomic E-state index is 1.20. The van der Waals surface area contributed by atoms with Crippen LogP contribution in [-0.4, -0.2) is 10.5 Å². The van der Waals surface area contributed by atoms with Crippen LogP contribution in [0.4, 0.5) is 0 Å². The Labute approximate surface area is 42.4 Å². The number of nitrogens with zero attached hydrogens (tertiary/aromatic N) is 2. The van der Waals surface area contributed by atoms with Crippen molar-refractivity contribution in [3.8, 4) is 0 Å². The third-order valence-electron chi connectivity index (χ3n) is 0.203. The van der Waals surface area contributed by atoms with Gasteiger partial charge in [0.05, 0.1) is 0 Å². The Morgan fingerprint density at radius 1 is 2.00 bits per heavy atom. The molecule has 0 aliphatic rings. The predicted octanol–water partition coefficient (Wildman–Crippen LogP) is -0.208. The molecule has 0 radical (unpaired) electrons. The van der Waals surface area contributed by atoms with Crippen LogP contribution in [0.25, 0.3) is 4.95 Å². The van der Waals surface area contributed by atoms with Gasteiger partial charge in [0, 0.05) is 6.26 Å². The van der Waals surface area contributed by atoms with Crippen LogP contribution in [0.15, 0.2) is 4.47 Å². The SMILES string of the molecule is [C-]#[N+]N=S(C)(N)=O. The summed E-state index contributed by atoms with van der Waals surface area (Å²) in [5.41, 5.74) is 0. The van der Waals surface area contributed by atoms with Gasteiger partial charge in [-0.2, -0.15) is 6.57 Å². The summed E-state index contributed by atoms with van der Waals surface area (Å²) in [6.45, 7) is 6.06. The molecule has 1 atom stereocenters. The summed E-state index contributed by atoms with van der Waals surface area (Å²) < 4.78 is 13.0. The molecule has 0 aliphatic carbocycles. The summed E-state index contributed by atoms with van der Waals surface area (Å²) >= 11 is 0. The highest BCUT2D eigenvalue weighted by Crippen LogP contribution is 1.76. The van der Waals surface area contributed by atoms with E-state index in [2.05, 4.69) is 9.43 Å². The van der Waals surface area contributed by atoms with Gasteiger partial charge in [0.15, 0.2) is 14.4 Å². The Balaban J connectivity index is 4.43. The first kappa shape index (κ1) is 6.40. The Morgan fingerprint density at radius 2 is 2.43 bits per heavy atom. The van der Waals surface area contributed by atoms with E-state index in [0.717, 1.165) is 0 Å². The van der Waals surface area contributed by atoms with Gasteiger partial charge in [0.1, 0.15) is 0 Å². The van der Waals surface area contributed by atoms with E-state index in [1.807, 2.05) is 0 Å². The summed E-state index contributed by atoms with van der Waals surface area (Å²) in [7, 11) is -2.65. The molecular weight excluding hydrogens is 114 g/mol. The molecule has 0 heterocycles. The highest BCUT2D eigenvalue weighted by molar-refractivity contribution is 7.90. The van der Waals surface area contributed by atoms with Crippen LogP contribution in [0.3, 0.4) is 0 Å². The van der Waals surface area contributed by atoms with E-state index >= 15 is 0 Å². The van der Waals surface area contributed by atoms with E-state index in [9.17, 15) is 4.21 Å². The van der Waals surface area contributed by atoms with Crippen molar-refractivity contribution in [2.24, 2.45) is 9.61 Å². The first-order valence-electron chi connectivity index (χ1n) is 1.42. The van der Waals surface area contributed by atoms with Crippen LogP contribution in [-0.2, 0) is 9.92 Å². The van der Waals surface area contributed by atoms with E-state index in [1.54, 1.807) is 0 Å². The van der Waals surface area contributed by atoms with E-state index < -0.39 is 9.92 Å². The van der Waals surface area contributed by atoms with Gasteiger partial charge in [-0.15, -0.1) is 4.95 Å². The molecule has 7 heavy (non-hydrogen) atoms. The molecular formula is C2H5N3OS. The van der Waals surface area contributed by atoms with Crippen molar-refractivity contribution in [1.29, 1.82) is 0 Å². The van der Waals surface area contributed by atoms with Gasteiger partial charge in [-0.1, -0.05) is 0 Å². The minimum atomic E-state index is -2.65. The summed E-state index contributed by atoms with van der Waals surface area (Å²) in [4.78, 5) is 2.48. The highest BCUT2D eigenvalue weighted by Gasteiger charge is 1.87. The van der Waals surface area contributed by atoms with Crippen LogP contribution in [0.1, 0.15) is 0 Å². The lowest BCUT2D eigenvalue weighted by atomic mass is 11.8. The monoisotopic (exact) mass is 119 g/mol. The largest absolute Gasteiger partial charge is 0.240 e. The maximum Gasteiger partial charge on any atom is 0.179 e. The first-order chi connectivity index (χ1) is 3.06. The van der Waals surface area contributed by atoms with Crippen molar-refractivity contribution in [3.05, 3.63) is 11.5 Å². The fourth-order valence-corrected chi connectivity index (χ4v) is 0.243. The summed E-state index contributed by atoms with van der Waals surface area (Å²) in [5, 5.41) is 4.79. The molecule has 0 fully saturated rings. The molecule has 0 spiro atoms. The Kier molecular flexibility index (Phi) is 1.75. The molecule has 0 aromatic rings. The normalized spacial score (nSPS) is 16.7. The standard InChI is InChI=1S/C2H5N3OS/c1-4-5-7(2,3)6/h2H3,(H2,3,5,6). The van der Waals surface area contributed by atoms with Gasteiger partial charge in [-0.05, 0) is 0 Å². The lowest BCUT2D eigenvalue weighted by molar-refractivity contribution is 0.682. The smallest absolute Gasteiger partial charge is 0.179 e. The highest BCUT2D eigenvalue weighted by atomic mass is 32.2. The third kappa shape index (κ3) is 5.40. The second-order valence-corrected chi connectivity index (χ2v) is 2.93. The second-order valence-electron chi connectivity index (χ2n) is 1.04. The van der Waals surface area contributed by atoms with Crippen LogP contribution in [0.5, 0.6) is 0 Å². The van der Waals surface area contributed by atoms with Gasteiger partial charge < -0.3 is 0 Å². The lowest BCUT2D eigenvalue weighted by Crippen LogP contribution is -2.06. The van der Waals surface area contributed by atoms with Gasteiger partial charge >= 0.3 is 0 Å². The Morgan fingerprint density at radius 3 is 2.43 bits per heavy atom. The molecule has 0 rings (SSSR count). The number of hydrogen-bond donors (Lipinski definition) is 1. The predicted molar refractivity (Wildman–Crippen MR) is 27.3 cm³/mol. The molecule has 4 nitrogen and oxygen atoms in total. The molecule has 1 unspecified atom stereocenters. The zero-order valence-electron chi connectivity index (χ0n) is 3.79. The molecule has 0 saturated carbocycles. The molecule has 0 aromatic carbocycles. The van der Waals surface area contributed by atoms with Crippen LogP contribution < -0.4 is 5.14 Å². The van der Waals surface area contributed by atoms with E-state index in [4.69, 9.17) is 11.7 Å². The van der Waals surface area contributed by atoms with Crippen LogP contribution in [0, 0.1) is 6.57 Å². The number of rotatable bonds is 0. The van der Waals surface area contributed by atoms with Crippen molar-refractivity contribution >= 4 is 9.92 Å². The minimum Gasteiger partial charge on any atom is -0.240 e. The number of hydrogen-bond acceptors (Lipinski definition) is 2. The third-order valence-corrected chi connectivity index (χ3v) is 0.609. The van der Waals surface area contributed by atoms with Crippen molar-refractivity contribution < 1.29 is 4.21 Å². The average Bonchev–Trinajstić information content (AvgIpc) is 1.30. The molecule has 0 aromatic heterocycles. The second kappa shape index (κ2) is 1.91. The zero-order valence-corrected chi connectivity index (χ0v) is 4.60. The van der Waals surface area contributed by atoms with Gasteiger partial charge in [-0.3, -0.25) is 0 Å². The summed E-state index contributed by atoms with van der Waals surface area (Å²) in [5.74, 6) is 0. The van der Waals surface area contributed by atoms with Gasteiger partial charge in [0.2, 0.25) is 0 Å². The van der Waals surface area contributed by atoms with Gasteiger partial charge in [0.25, 0.3) is 0 Å². The molecule has 0 bridgehead atoms. The number of nitrogens with two attached hydrogens (primary N) is 1. The Hall–Kier alpha value is -0.600. The molecule has 0 saturated heterocycles. The van der Waals surface area contributed by atoms with Crippen molar-refractivity contribution in [3.63, 3.8) is 0 Å². The molecule has 0 amide bonds. The quantitative estimate of drug-likeness (QED) is 0.348. The van der Waals surface area contributed by atoms with Crippen LogP contribution >= 0.6 is 0 Å². The van der Waals surface area contributed by atoms with E-state index in [-0.39, 0.29) is 0 Å². The van der Waals surface area contributed by atoms with Gasteiger partial charge in [-0.25, -0.2) is 9.35 Å². The molecule has 2 N–H and O–H groups in total. The van der Waals surface area contributed by atoms with E-state index in [0.29, 0.717) is 0 Å². The van der Waals surface area contributed by atoms with Crippen molar-refractivity contribution in [2.45, 2.75) is 0 Å².